The molecule has 0 spiro atoms. The van der Waals surface area contributed by atoms with Crippen molar-refractivity contribution in [1.29, 1.82) is 0 Å². The molecule has 0 radical (unpaired) electrons. The number of anilines is 2. The predicted molar refractivity (Wildman–Crippen MR) is 115 cm³/mol. The molecule has 1 heterocycles. The molecule has 140 valence electrons. The number of benzene rings is 2. The van der Waals surface area contributed by atoms with Crippen molar-refractivity contribution in [3.63, 3.8) is 0 Å². The first kappa shape index (κ1) is 20.2. The van der Waals surface area contributed by atoms with Gasteiger partial charge in [0.25, 0.3) is 0 Å². The van der Waals surface area contributed by atoms with Gasteiger partial charge in [-0.05, 0) is 42.0 Å². The molecule has 0 aliphatic rings. The number of carbonyl (C=O) groups is 1. The van der Waals surface area contributed by atoms with E-state index in [-0.39, 0.29) is 6.03 Å². The first-order valence-electron chi connectivity index (χ1n) is 7.67. The average Bonchev–Trinajstić information content (AvgIpc) is 3.06. The van der Waals surface area contributed by atoms with Crippen LogP contribution in [0, 0.1) is 0 Å². The highest BCUT2D eigenvalue weighted by atomic mass is 35.5. The molecule has 5 nitrogen and oxygen atoms in total. The number of halogens is 3. The van der Waals surface area contributed by atoms with Gasteiger partial charge in [-0.1, -0.05) is 52.2 Å². The molecule has 3 rings (SSSR count). The number of urea groups is 1. The minimum absolute atomic E-state index is 0.388. The van der Waals surface area contributed by atoms with E-state index in [4.69, 9.17) is 34.8 Å². The maximum atomic E-state index is 12.0. The number of hydrogen-bond acceptors (Lipinski definition) is 5. The maximum absolute atomic E-state index is 12.0. The summed E-state index contributed by atoms with van der Waals surface area (Å²) in [6.45, 7) is 0. The van der Waals surface area contributed by atoms with E-state index in [1.54, 1.807) is 42.1 Å². The highest BCUT2D eigenvalue weighted by Gasteiger charge is 2.09. The number of nitrogens with one attached hydrogen (secondary N) is 2. The normalized spacial score (nSPS) is 10.6. The van der Waals surface area contributed by atoms with E-state index in [0.29, 0.717) is 31.6 Å². The van der Waals surface area contributed by atoms with Gasteiger partial charge in [0.05, 0.1) is 0 Å². The summed E-state index contributed by atoms with van der Waals surface area (Å²) in [7, 11) is 0. The largest absolute Gasteiger partial charge is 0.325 e. The lowest BCUT2D eigenvalue weighted by Gasteiger charge is -2.04. The molecule has 3 aromatic rings. The molecule has 0 bridgehead atoms. The molecule has 0 unspecified atom stereocenters. The molecule has 0 atom stereocenters. The summed E-state index contributed by atoms with van der Waals surface area (Å²) in [5.41, 5.74) is 1.65. The van der Waals surface area contributed by atoms with Gasteiger partial charge in [0.15, 0.2) is 0 Å². The van der Waals surface area contributed by atoms with E-state index in [2.05, 4.69) is 20.8 Å². The fourth-order valence-electron chi connectivity index (χ4n) is 2.04. The van der Waals surface area contributed by atoms with Crippen LogP contribution in [0.2, 0.25) is 15.1 Å². The van der Waals surface area contributed by atoms with Crippen LogP contribution in [0.3, 0.4) is 0 Å². The van der Waals surface area contributed by atoms with Gasteiger partial charge in [0.2, 0.25) is 5.13 Å². The van der Waals surface area contributed by atoms with Crippen LogP contribution in [0.15, 0.2) is 42.5 Å². The molecule has 2 N–H and O–H groups in total. The topological polar surface area (TPSA) is 66.9 Å². The summed E-state index contributed by atoms with van der Waals surface area (Å²) in [4.78, 5) is 12.0. The Kier molecular flexibility index (Phi) is 7.20. The van der Waals surface area contributed by atoms with Crippen molar-refractivity contribution in [3.8, 4) is 0 Å². The van der Waals surface area contributed by atoms with Crippen molar-refractivity contribution < 1.29 is 4.79 Å². The lowest BCUT2D eigenvalue weighted by atomic mass is 10.2. The summed E-state index contributed by atoms with van der Waals surface area (Å²) in [6.07, 6.45) is 0. The Balaban J connectivity index is 1.47. The summed E-state index contributed by atoms with van der Waals surface area (Å²) in [6, 6.07) is 11.9. The highest BCUT2D eigenvalue weighted by molar-refractivity contribution is 7.97. The van der Waals surface area contributed by atoms with Gasteiger partial charge in [-0.15, -0.1) is 22.0 Å². The maximum Gasteiger partial charge on any atom is 0.325 e. The van der Waals surface area contributed by atoms with Crippen LogP contribution in [0.5, 0.6) is 0 Å². The van der Waals surface area contributed by atoms with Gasteiger partial charge in [0, 0.05) is 32.3 Å². The van der Waals surface area contributed by atoms with Crippen LogP contribution >= 0.6 is 57.9 Å². The van der Waals surface area contributed by atoms with Gasteiger partial charge in [-0.2, -0.15) is 0 Å². The number of nitrogens with zero attached hydrogens (tertiary/aromatic N) is 2. The summed E-state index contributed by atoms with van der Waals surface area (Å²) >= 11 is 20.9. The molecule has 0 saturated heterocycles. The number of rotatable bonds is 6. The molecule has 0 fully saturated rings. The van der Waals surface area contributed by atoms with Gasteiger partial charge in [-0.3, -0.25) is 5.32 Å². The number of hydrogen-bond donors (Lipinski definition) is 2. The van der Waals surface area contributed by atoms with Crippen LogP contribution in [0.1, 0.15) is 10.6 Å². The second kappa shape index (κ2) is 9.61. The van der Waals surface area contributed by atoms with E-state index in [1.165, 1.54) is 11.3 Å². The smallest absolute Gasteiger partial charge is 0.308 e. The molecule has 27 heavy (non-hydrogen) atoms. The molecule has 0 aliphatic carbocycles. The van der Waals surface area contributed by atoms with Gasteiger partial charge in [0.1, 0.15) is 5.01 Å². The zero-order valence-electron chi connectivity index (χ0n) is 13.7. The first-order chi connectivity index (χ1) is 13.0. The second-order valence-corrected chi connectivity index (χ2v) is 8.64. The molecule has 1 aromatic heterocycles. The van der Waals surface area contributed by atoms with E-state index in [0.717, 1.165) is 16.3 Å². The molecule has 0 aliphatic heterocycles. The number of aromatic nitrogens is 2. The second-order valence-electron chi connectivity index (χ2n) is 5.32. The highest BCUT2D eigenvalue weighted by Crippen LogP contribution is 2.27. The minimum atomic E-state index is -0.388. The summed E-state index contributed by atoms with van der Waals surface area (Å²) < 4.78 is 0. The van der Waals surface area contributed by atoms with Crippen molar-refractivity contribution in [2.45, 2.75) is 11.5 Å². The Bertz CT molecular complexity index is 934. The third-order valence-electron chi connectivity index (χ3n) is 3.29. The molecular weight excluding hydrogens is 447 g/mol. The summed E-state index contributed by atoms with van der Waals surface area (Å²) in [5.74, 6) is 1.40. The SMILES string of the molecule is O=C(Nc1ccc(Cl)cc1)Nc1nnc(CSCc2ccc(Cl)cc2Cl)s1. The van der Waals surface area contributed by atoms with Crippen molar-refractivity contribution in [2.24, 2.45) is 0 Å². The van der Waals surface area contributed by atoms with Crippen molar-refractivity contribution in [2.75, 3.05) is 10.6 Å². The first-order valence-corrected chi connectivity index (χ1v) is 10.8. The van der Waals surface area contributed by atoms with Gasteiger partial charge in [-0.25, -0.2) is 4.79 Å². The standard InChI is InChI=1S/C17H13Cl3N4OS2/c18-11-3-5-13(6-4-11)21-16(25)22-17-24-23-15(27-17)9-26-8-10-1-2-12(19)7-14(10)20/h1-7H,8-9H2,(H2,21,22,24,25). The summed E-state index contributed by atoms with van der Waals surface area (Å²) in [5, 5.41) is 16.6. The van der Waals surface area contributed by atoms with E-state index < -0.39 is 0 Å². The average molecular weight is 460 g/mol. The predicted octanol–water partition coefficient (Wildman–Crippen LogP) is 6.58. The van der Waals surface area contributed by atoms with Crippen molar-refractivity contribution in [1.82, 2.24) is 10.2 Å². The van der Waals surface area contributed by atoms with Crippen LogP contribution in [0.4, 0.5) is 15.6 Å². The molecule has 10 heteroatoms. The Morgan fingerprint density at radius 2 is 1.70 bits per heavy atom. The lowest BCUT2D eigenvalue weighted by molar-refractivity contribution is 0.262. The molecule has 2 amide bonds. The van der Waals surface area contributed by atoms with Crippen LogP contribution in [-0.4, -0.2) is 16.2 Å². The molecular formula is C17H13Cl3N4OS2. The number of amides is 2. The van der Waals surface area contributed by atoms with Crippen molar-refractivity contribution >= 4 is 74.8 Å². The Morgan fingerprint density at radius 1 is 0.963 bits per heavy atom. The molecule has 0 saturated carbocycles. The molecule has 2 aromatic carbocycles. The van der Waals surface area contributed by atoms with E-state index >= 15 is 0 Å². The van der Waals surface area contributed by atoms with Crippen molar-refractivity contribution in [3.05, 3.63) is 68.1 Å². The van der Waals surface area contributed by atoms with Crippen LogP contribution in [-0.2, 0) is 11.5 Å². The monoisotopic (exact) mass is 458 g/mol. The third kappa shape index (κ3) is 6.26. The van der Waals surface area contributed by atoms with E-state index in [1.807, 2.05) is 12.1 Å². The zero-order chi connectivity index (χ0) is 19.2. The third-order valence-corrected chi connectivity index (χ3v) is 6.14. The Hall–Kier alpha value is -1.51. The van der Waals surface area contributed by atoms with Gasteiger partial charge >= 0.3 is 6.03 Å². The van der Waals surface area contributed by atoms with Gasteiger partial charge < -0.3 is 5.32 Å². The number of thioether (sulfide) groups is 1. The zero-order valence-corrected chi connectivity index (χ0v) is 17.6. The quantitative estimate of drug-likeness (QED) is 0.437. The fourth-order valence-corrected chi connectivity index (χ4v) is 4.54. The van der Waals surface area contributed by atoms with E-state index in [9.17, 15) is 4.79 Å². The Labute approximate surface area is 179 Å². The number of carbonyl (C=O) groups excluding carboxylic acids is 1. The fraction of sp³-hybridized carbons (Fsp3) is 0.118. The Morgan fingerprint density at radius 3 is 2.44 bits per heavy atom. The minimum Gasteiger partial charge on any atom is -0.308 e. The van der Waals surface area contributed by atoms with Crippen LogP contribution < -0.4 is 10.6 Å². The van der Waals surface area contributed by atoms with Crippen LogP contribution in [0.25, 0.3) is 0 Å². The lowest BCUT2D eigenvalue weighted by Crippen LogP contribution is -2.19.